The molecule has 3 saturated heterocycles. The fourth-order valence-corrected chi connectivity index (χ4v) is 5.49. The third-order valence-corrected chi connectivity index (χ3v) is 7.21. The molecule has 1 aromatic rings. The second-order valence-electron chi connectivity index (χ2n) is 6.20. The molecule has 7 nitrogen and oxygen atoms in total. The van der Waals surface area contributed by atoms with Gasteiger partial charge in [0.05, 0.1) is 38.9 Å². The summed E-state index contributed by atoms with van der Waals surface area (Å²) in [6, 6.07) is 4.53. The van der Waals surface area contributed by atoms with E-state index in [9.17, 15) is 0 Å². The molecule has 1 aromatic heterocycles. The Hall–Kier alpha value is -1.45. The van der Waals surface area contributed by atoms with E-state index in [4.69, 9.17) is 22.4 Å². The Morgan fingerprint density at radius 2 is 1.96 bits per heavy atom. The number of nitrogens with zero attached hydrogens (tertiary/aromatic N) is 2. The van der Waals surface area contributed by atoms with Gasteiger partial charge < -0.3 is 22.4 Å². The van der Waals surface area contributed by atoms with Gasteiger partial charge in [0.2, 0.25) is 0 Å². The highest BCUT2D eigenvalue weighted by Gasteiger charge is 2.43. The second kappa shape index (κ2) is 10.0. The van der Waals surface area contributed by atoms with Crippen molar-refractivity contribution in [3.8, 4) is 0 Å². The fraction of sp³-hybridized carbons (Fsp3) is 0.611. The summed E-state index contributed by atoms with van der Waals surface area (Å²) in [6.45, 7) is 8.19. The normalized spacial score (nSPS) is 27.3. The van der Waals surface area contributed by atoms with Crippen molar-refractivity contribution in [1.82, 2.24) is 4.90 Å². The van der Waals surface area contributed by atoms with E-state index in [1.807, 2.05) is 25.1 Å². The molecule has 144 valence electrons. The van der Waals surface area contributed by atoms with Gasteiger partial charge in [-0.3, -0.25) is 9.89 Å². The molecule has 26 heavy (non-hydrogen) atoms. The van der Waals surface area contributed by atoms with Crippen LogP contribution in [0.4, 0.5) is 0 Å². The number of hydrogen-bond donors (Lipinski definition) is 0. The van der Waals surface area contributed by atoms with Crippen LogP contribution in [0.5, 0.6) is 0 Å². The second-order valence-corrected chi connectivity index (χ2v) is 8.94. The largest absolute Gasteiger partial charge is 0.501 e. The van der Waals surface area contributed by atoms with Gasteiger partial charge in [0, 0.05) is 38.3 Å². The quantitative estimate of drug-likeness (QED) is 0.299. The summed E-state index contributed by atoms with van der Waals surface area (Å²) in [5.41, 5.74) is 0. The molecule has 0 radical (unpaired) electrons. The first kappa shape index (κ1) is 19.3. The zero-order valence-electron chi connectivity index (χ0n) is 15.4. The minimum atomic E-state index is -2.53. The Morgan fingerprint density at radius 3 is 2.58 bits per heavy atom. The van der Waals surface area contributed by atoms with Crippen molar-refractivity contribution in [2.45, 2.75) is 19.4 Å². The Kier molecular flexibility index (Phi) is 7.45. The molecule has 0 amide bonds. The molecule has 0 unspecified atom stereocenters. The van der Waals surface area contributed by atoms with Crippen LogP contribution in [0.2, 0.25) is 6.04 Å². The minimum Gasteiger partial charge on any atom is -0.492 e. The molecule has 8 heteroatoms. The SMILES string of the molecule is CCOC(C=NCCC[Si]12OCCN(CCO1)CCO2)=Cc1ccco1. The first-order valence-corrected chi connectivity index (χ1v) is 11.2. The van der Waals surface area contributed by atoms with Crippen LogP contribution in [0, 0.1) is 0 Å². The maximum Gasteiger partial charge on any atom is 0.501 e. The highest BCUT2D eigenvalue weighted by atomic mass is 28.4. The first-order chi connectivity index (χ1) is 12.8. The monoisotopic (exact) mass is 380 g/mol. The number of hydrogen-bond acceptors (Lipinski definition) is 7. The summed E-state index contributed by atoms with van der Waals surface area (Å²) in [5.74, 6) is 1.44. The summed E-state index contributed by atoms with van der Waals surface area (Å²) < 4.78 is 29.0. The summed E-state index contributed by atoms with van der Waals surface area (Å²) in [6.07, 6.45) is 6.10. The number of rotatable bonds is 8. The lowest BCUT2D eigenvalue weighted by atomic mass is 10.3. The Labute approximate surface area is 155 Å². The van der Waals surface area contributed by atoms with Crippen LogP contribution in [-0.2, 0) is 18.0 Å². The third-order valence-electron chi connectivity index (χ3n) is 4.32. The van der Waals surface area contributed by atoms with E-state index >= 15 is 0 Å². The van der Waals surface area contributed by atoms with Crippen LogP contribution in [0.3, 0.4) is 0 Å². The first-order valence-electron chi connectivity index (χ1n) is 9.32. The number of ether oxygens (including phenoxy) is 1. The molecule has 0 atom stereocenters. The maximum absolute atomic E-state index is 6.03. The van der Waals surface area contributed by atoms with Gasteiger partial charge in [-0.1, -0.05) is 0 Å². The van der Waals surface area contributed by atoms with Crippen LogP contribution >= 0.6 is 0 Å². The van der Waals surface area contributed by atoms with Gasteiger partial charge in [0.15, 0.2) is 0 Å². The van der Waals surface area contributed by atoms with Gasteiger partial charge in [-0.05, 0) is 25.5 Å². The predicted molar refractivity (Wildman–Crippen MR) is 101 cm³/mol. The Balaban J connectivity index is 1.49. The van der Waals surface area contributed by atoms with Gasteiger partial charge in [0.25, 0.3) is 0 Å². The van der Waals surface area contributed by atoms with Crippen molar-refractivity contribution < 1.29 is 22.4 Å². The van der Waals surface area contributed by atoms with Crippen molar-refractivity contribution in [3.05, 3.63) is 29.9 Å². The number of fused-ring (bicyclic) bond motifs is 6. The molecule has 0 spiro atoms. The highest BCUT2D eigenvalue weighted by Crippen LogP contribution is 2.21. The summed E-state index contributed by atoms with van der Waals surface area (Å²) in [7, 11) is -2.53. The van der Waals surface area contributed by atoms with Crippen molar-refractivity contribution in [1.29, 1.82) is 0 Å². The maximum atomic E-state index is 6.03. The molecule has 3 aliphatic heterocycles. The van der Waals surface area contributed by atoms with Crippen LogP contribution in [0.15, 0.2) is 33.6 Å². The van der Waals surface area contributed by atoms with Crippen LogP contribution in [0.1, 0.15) is 19.1 Å². The van der Waals surface area contributed by atoms with E-state index in [-0.39, 0.29) is 0 Å². The standard InChI is InChI=1S/C18H28N2O5Si/c1-2-21-18(15-17-5-3-10-22-17)16-19-6-4-14-26-23-11-7-20(8-12-24-26)9-13-25-26/h3,5,10,15-16H,2,4,6-9,11-14H2,1H3. The lowest BCUT2D eigenvalue weighted by Gasteiger charge is -2.38. The molecule has 3 fully saturated rings. The van der Waals surface area contributed by atoms with E-state index in [2.05, 4.69) is 9.89 Å². The highest BCUT2D eigenvalue weighted by molar-refractivity contribution is 6.60. The predicted octanol–water partition coefficient (Wildman–Crippen LogP) is 2.44. The summed E-state index contributed by atoms with van der Waals surface area (Å²) in [5, 5.41) is 0. The average Bonchev–Trinajstić information content (AvgIpc) is 3.08. The molecule has 4 rings (SSSR count). The fourth-order valence-electron chi connectivity index (χ4n) is 3.01. The van der Waals surface area contributed by atoms with E-state index in [0.29, 0.717) is 38.7 Å². The van der Waals surface area contributed by atoms with Gasteiger partial charge in [-0.15, -0.1) is 0 Å². The molecule has 3 aliphatic rings. The van der Waals surface area contributed by atoms with Crippen LogP contribution in [-0.4, -0.2) is 72.5 Å². The van der Waals surface area contributed by atoms with E-state index < -0.39 is 8.80 Å². The molecule has 0 aliphatic carbocycles. The number of aliphatic imine (C=N–C) groups is 1. The van der Waals surface area contributed by atoms with Crippen LogP contribution < -0.4 is 0 Å². The van der Waals surface area contributed by atoms with Gasteiger partial charge in [-0.2, -0.15) is 0 Å². The van der Waals surface area contributed by atoms with Crippen molar-refractivity contribution in [2.24, 2.45) is 4.99 Å². The smallest absolute Gasteiger partial charge is 0.492 e. The Bertz CT molecular complexity index is 564. The van der Waals surface area contributed by atoms with E-state index in [1.165, 1.54) is 0 Å². The summed E-state index contributed by atoms with van der Waals surface area (Å²) >= 11 is 0. The Morgan fingerprint density at radius 1 is 1.23 bits per heavy atom. The zero-order valence-corrected chi connectivity index (χ0v) is 16.4. The third kappa shape index (κ3) is 5.78. The van der Waals surface area contributed by atoms with Crippen LogP contribution in [0.25, 0.3) is 6.08 Å². The number of allylic oxidation sites excluding steroid dienone is 1. The molecule has 0 aromatic carbocycles. The average molecular weight is 381 g/mol. The lowest BCUT2D eigenvalue weighted by molar-refractivity contribution is -0.00841. The van der Waals surface area contributed by atoms with E-state index in [0.717, 1.165) is 37.9 Å². The van der Waals surface area contributed by atoms with Crippen molar-refractivity contribution in [2.75, 3.05) is 52.6 Å². The van der Waals surface area contributed by atoms with Crippen molar-refractivity contribution in [3.63, 3.8) is 0 Å². The van der Waals surface area contributed by atoms with Crippen molar-refractivity contribution >= 4 is 21.1 Å². The molecule has 2 bridgehead atoms. The molecular weight excluding hydrogens is 352 g/mol. The topological polar surface area (TPSA) is 65.7 Å². The zero-order chi connectivity index (χ0) is 18.1. The molecule has 0 saturated carbocycles. The molecule has 4 heterocycles. The lowest BCUT2D eigenvalue weighted by Crippen LogP contribution is -2.55. The van der Waals surface area contributed by atoms with E-state index in [1.54, 1.807) is 12.5 Å². The van der Waals surface area contributed by atoms with Gasteiger partial charge in [-0.25, -0.2) is 0 Å². The van der Waals surface area contributed by atoms with Gasteiger partial charge in [0.1, 0.15) is 11.5 Å². The molecule has 0 N–H and O–H groups in total. The minimum absolute atomic E-state index is 0.584. The number of furan rings is 1. The molecular formula is C18H28N2O5Si. The van der Waals surface area contributed by atoms with Gasteiger partial charge >= 0.3 is 8.80 Å². The summed E-state index contributed by atoms with van der Waals surface area (Å²) in [4.78, 5) is 6.81.